The number of carbonyl (C=O) groups excluding carboxylic acids is 1. The molecule has 1 aromatic rings. The average Bonchev–Trinajstić information content (AvgIpc) is 2.26. The lowest BCUT2D eigenvalue weighted by atomic mass is 10.1. The lowest BCUT2D eigenvalue weighted by Crippen LogP contribution is -2.16. The number of carbonyl (C=O) groups is 1. The fraction of sp³-hybridized carbons (Fsp3) is 0.333. The summed E-state index contributed by atoms with van der Waals surface area (Å²) in [5, 5.41) is 8.66. The number of nitriles is 1. The van der Waals surface area contributed by atoms with Gasteiger partial charge in [-0.25, -0.2) is 0 Å². The maximum Gasteiger partial charge on any atom is 0.172 e. The second-order valence-electron chi connectivity index (χ2n) is 3.55. The van der Waals surface area contributed by atoms with Crippen molar-refractivity contribution < 1.29 is 9.53 Å². The van der Waals surface area contributed by atoms with Gasteiger partial charge in [0.2, 0.25) is 0 Å². The van der Waals surface area contributed by atoms with Crippen LogP contribution in [-0.4, -0.2) is 12.4 Å². The molecule has 0 atom stereocenters. The summed E-state index contributed by atoms with van der Waals surface area (Å²) in [6.07, 6.45) is 0. The Morgan fingerprint density at radius 2 is 2.27 bits per heavy atom. The van der Waals surface area contributed by atoms with Crippen molar-refractivity contribution in [2.75, 3.05) is 6.61 Å². The summed E-state index contributed by atoms with van der Waals surface area (Å²) < 4.78 is 5.27. The molecule has 0 N–H and O–H groups in total. The third-order valence-electron chi connectivity index (χ3n) is 1.99. The van der Waals surface area contributed by atoms with Crippen LogP contribution in [0, 0.1) is 17.2 Å². The Hall–Kier alpha value is -1.82. The van der Waals surface area contributed by atoms with Crippen molar-refractivity contribution in [2.24, 2.45) is 5.92 Å². The van der Waals surface area contributed by atoms with Crippen LogP contribution < -0.4 is 4.74 Å². The Balaban J connectivity index is 2.59. The summed E-state index contributed by atoms with van der Waals surface area (Å²) in [6.45, 7) is 3.72. The van der Waals surface area contributed by atoms with E-state index in [0.29, 0.717) is 11.3 Å². The lowest BCUT2D eigenvalue weighted by Gasteiger charge is -2.07. The highest BCUT2D eigenvalue weighted by Gasteiger charge is 2.07. The minimum atomic E-state index is -0.0239. The predicted octanol–water partition coefficient (Wildman–Crippen LogP) is 2.16. The minimum Gasteiger partial charge on any atom is -0.486 e. The molecule has 3 heteroatoms. The minimum absolute atomic E-state index is 0.0239. The Kier molecular flexibility index (Phi) is 3.87. The van der Waals surface area contributed by atoms with Crippen molar-refractivity contribution in [2.45, 2.75) is 13.8 Å². The molecule has 0 aliphatic heterocycles. The summed E-state index contributed by atoms with van der Waals surface area (Å²) in [5.41, 5.74) is 0.532. The summed E-state index contributed by atoms with van der Waals surface area (Å²) >= 11 is 0. The van der Waals surface area contributed by atoms with Gasteiger partial charge in [-0.1, -0.05) is 19.9 Å². The average molecular weight is 203 g/mol. The van der Waals surface area contributed by atoms with E-state index in [4.69, 9.17) is 10.00 Å². The SMILES string of the molecule is CC(C)C(=O)COc1cccc(C#N)c1. The van der Waals surface area contributed by atoms with Gasteiger partial charge >= 0.3 is 0 Å². The quantitative estimate of drug-likeness (QED) is 0.753. The van der Waals surface area contributed by atoms with Gasteiger partial charge in [-0.2, -0.15) is 5.26 Å². The van der Waals surface area contributed by atoms with Crippen LogP contribution in [0.5, 0.6) is 5.75 Å². The highest BCUT2D eigenvalue weighted by atomic mass is 16.5. The molecule has 0 saturated heterocycles. The van der Waals surface area contributed by atoms with Crippen LogP contribution >= 0.6 is 0 Å². The largest absolute Gasteiger partial charge is 0.486 e. The molecule has 15 heavy (non-hydrogen) atoms. The van der Waals surface area contributed by atoms with Gasteiger partial charge in [-0.05, 0) is 18.2 Å². The molecule has 0 aromatic heterocycles. The van der Waals surface area contributed by atoms with Crippen molar-refractivity contribution in [1.82, 2.24) is 0 Å². The molecular formula is C12H13NO2. The van der Waals surface area contributed by atoms with E-state index in [0.717, 1.165) is 0 Å². The van der Waals surface area contributed by atoms with Gasteiger partial charge in [0.25, 0.3) is 0 Å². The lowest BCUT2D eigenvalue weighted by molar-refractivity contribution is -0.123. The van der Waals surface area contributed by atoms with Gasteiger partial charge in [-0.15, -0.1) is 0 Å². The first-order valence-electron chi connectivity index (χ1n) is 4.79. The van der Waals surface area contributed by atoms with Crippen LogP contribution in [0.3, 0.4) is 0 Å². The van der Waals surface area contributed by atoms with E-state index < -0.39 is 0 Å². The van der Waals surface area contributed by atoms with E-state index in [2.05, 4.69) is 0 Å². The van der Waals surface area contributed by atoms with Gasteiger partial charge in [0.1, 0.15) is 12.4 Å². The fourth-order valence-corrected chi connectivity index (χ4v) is 0.977. The molecule has 78 valence electrons. The number of hydrogen-bond donors (Lipinski definition) is 0. The molecule has 1 rings (SSSR count). The standard InChI is InChI=1S/C12H13NO2/c1-9(2)12(14)8-15-11-5-3-4-10(6-11)7-13/h3-6,9H,8H2,1-2H3. The van der Waals surface area contributed by atoms with E-state index in [1.54, 1.807) is 24.3 Å². The molecule has 0 fully saturated rings. The van der Waals surface area contributed by atoms with Crippen molar-refractivity contribution in [3.05, 3.63) is 29.8 Å². The maximum atomic E-state index is 11.3. The summed E-state index contributed by atoms with van der Waals surface area (Å²) in [7, 11) is 0. The molecule has 0 aliphatic carbocycles. The van der Waals surface area contributed by atoms with Crippen molar-refractivity contribution in [3.63, 3.8) is 0 Å². The number of ether oxygens (including phenoxy) is 1. The normalized spacial score (nSPS) is 9.73. The highest BCUT2D eigenvalue weighted by molar-refractivity contribution is 5.81. The van der Waals surface area contributed by atoms with Crippen LogP contribution in [-0.2, 0) is 4.79 Å². The van der Waals surface area contributed by atoms with Crippen LogP contribution in [0.15, 0.2) is 24.3 Å². The molecule has 3 nitrogen and oxygen atoms in total. The number of nitrogens with zero attached hydrogens (tertiary/aromatic N) is 1. The van der Waals surface area contributed by atoms with Crippen LogP contribution in [0.2, 0.25) is 0 Å². The number of benzene rings is 1. The summed E-state index contributed by atoms with van der Waals surface area (Å²) in [6, 6.07) is 8.78. The van der Waals surface area contributed by atoms with Gasteiger partial charge in [0.05, 0.1) is 11.6 Å². The van der Waals surface area contributed by atoms with Gasteiger partial charge in [-0.3, -0.25) is 4.79 Å². The Morgan fingerprint density at radius 3 is 2.87 bits per heavy atom. The van der Waals surface area contributed by atoms with Gasteiger partial charge in [0.15, 0.2) is 5.78 Å². The number of hydrogen-bond acceptors (Lipinski definition) is 3. The molecular weight excluding hydrogens is 190 g/mol. The Bertz CT molecular complexity index is 391. The van der Waals surface area contributed by atoms with E-state index >= 15 is 0 Å². The van der Waals surface area contributed by atoms with E-state index in [9.17, 15) is 4.79 Å². The maximum absolute atomic E-state index is 11.3. The first-order valence-corrected chi connectivity index (χ1v) is 4.79. The predicted molar refractivity (Wildman–Crippen MR) is 56.5 cm³/mol. The van der Waals surface area contributed by atoms with Crippen LogP contribution in [0.25, 0.3) is 0 Å². The first kappa shape index (κ1) is 11.3. The third-order valence-corrected chi connectivity index (χ3v) is 1.99. The molecule has 1 aromatic carbocycles. The van der Waals surface area contributed by atoms with E-state index in [-0.39, 0.29) is 18.3 Å². The smallest absolute Gasteiger partial charge is 0.172 e. The molecule has 0 heterocycles. The molecule has 0 unspecified atom stereocenters. The van der Waals surface area contributed by atoms with Gasteiger partial charge in [0, 0.05) is 5.92 Å². The van der Waals surface area contributed by atoms with Gasteiger partial charge < -0.3 is 4.74 Å². The second kappa shape index (κ2) is 5.16. The number of rotatable bonds is 4. The Morgan fingerprint density at radius 1 is 1.53 bits per heavy atom. The molecule has 0 saturated carbocycles. The zero-order chi connectivity index (χ0) is 11.3. The first-order chi connectivity index (χ1) is 7.13. The third kappa shape index (κ3) is 3.43. The molecule has 0 amide bonds. The summed E-state index contributed by atoms with van der Waals surface area (Å²) in [4.78, 5) is 11.3. The second-order valence-corrected chi connectivity index (χ2v) is 3.55. The topological polar surface area (TPSA) is 50.1 Å². The monoisotopic (exact) mass is 203 g/mol. The van der Waals surface area contributed by atoms with Crippen molar-refractivity contribution >= 4 is 5.78 Å². The highest BCUT2D eigenvalue weighted by Crippen LogP contribution is 2.12. The molecule has 0 aliphatic rings. The van der Waals surface area contributed by atoms with Crippen molar-refractivity contribution in [3.8, 4) is 11.8 Å². The van der Waals surface area contributed by atoms with Crippen LogP contribution in [0.1, 0.15) is 19.4 Å². The zero-order valence-corrected chi connectivity index (χ0v) is 8.86. The summed E-state index contributed by atoms with van der Waals surface area (Å²) in [5.74, 6) is 0.588. The van der Waals surface area contributed by atoms with Crippen molar-refractivity contribution in [1.29, 1.82) is 5.26 Å². The number of ketones is 1. The number of Topliss-reactive ketones (excluding diaryl/α,β-unsaturated/α-hetero) is 1. The van der Waals surface area contributed by atoms with Crippen LogP contribution in [0.4, 0.5) is 0 Å². The Labute approximate surface area is 89.3 Å². The zero-order valence-electron chi connectivity index (χ0n) is 8.86. The molecule has 0 spiro atoms. The van der Waals surface area contributed by atoms with E-state index in [1.807, 2.05) is 19.9 Å². The molecule has 0 radical (unpaired) electrons. The van der Waals surface area contributed by atoms with E-state index in [1.165, 1.54) is 0 Å². The fourth-order valence-electron chi connectivity index (χ4n) is 0.977. The molecule has 0 bridgehead atoms.